The fraction of sp³-hybridized carbons (Fsp3) is 0.462. The predicted molar refractivity (Wildman–Crippen MR) is 59.7 cm³/mol. The van der Waals surface area contributed by atoms with Gasteiger partial charge in [0.25, 0.3) is 0 Å². The lowest BCUT2D eigenvalue weighted by Crippen LogP contribution is -1.80. The summed E-state index contributed by atoms with van der Waals surface area (Å²) in [6, 6.07) is 2.26. The van der Waals surface area contributed by atoms with Crippen LogP contribution in [0.4, 0.5) is 0 Å². The third kappa shape index (κ3) is 4.67. The zero-order chi connectivity index (χ0) is 10.1. The smallest absolute Gasteiger partial charge is 0.0943 e. The first kappa shape index (κ1) is 10.8. The number of hydrogen-bond donors (Lipinski definition) is 0. The Morgan fingerprint density at radius 1 is 0.857 bits per heavy atom. The van der Waals surface area contributed by atoms with Gasteiger partial charge < -0.3 is 0 Å². The summed E-state index contributed by atoms with van der Waals surface area (Å²) in [6.45, 7) is 0. The highest BCUT2D eigenvalue weighted by Gasteiger charge is 1.93. The van der Waals surface area contributed by atoms with Crippen molar-refractivity contribution in [1.29, 1.82) is 5.26 Å². The van der Waals surface area contributed by atoms with Crippen molar-refractivity contribution in [3.63, 3.8) is 0 Å². The first-order chi connectivity index (χ1) is 6.93. The van der Waals surface area contributed by atoms with Crippen molar-refractivity contribution >= 4 is 0 Å². The molecule has 1 heteroatoms. The lowest BCUT2D eigenvalue weighted by atomic mass is 10.1. The second-order valence-corrected chi connectivity index (χ2v) is 3.48. The Labute approximate surface area is 86.4 Å². The van der Waals surface area contributed by atoms with E-state index in [4.69, 9.17) is 5.26 Å². The lowest BCUT2D eigenvalue weighted by molar-refractivity contribution is 0.941. The summed E-state index contributed by atoms with van der Waals surface area (Å²) in [4.78, 5) is 0. The zero-order valence-electron chi connectivity index (χ0n) is 8.58. The normalized spacial score (nSPS) is 27.2. The summed E-state index contributed by atoms with van der Waals surface area (Å²) < 4.78 is 0. The van der Waals surface area contributed by atoms with Crippen LogP contribution >= 0.6 is 0 Å². The van der Waals surface area contributed by atoms with Crippen molar-refractivity contribution in [3.05, 3.63) is 36.0 Å². The van der Waals surface area contributed by atoms with Gasteiger partial charge in [0.15, 0.2) is 0 Å². The van der Waals surface area contributed by atoms with E-state index in [1.807, 2.05) is 0 Å². The highest BCUT2D eigenvalue weighted by molar-refractivity contribution is 5.21. The molecule has 0 aliphatic heterocycles. The van der Waals surface area contributed by atoms with Gasteiger partial charge in [-0.15, -0.1) is 0 Å². The van der Waals surface area contributed by atoms with Gasteiger partial charge in [0.2, 0.25) is 0 Å². The van der Waals surface area contributed by atoms with Crippen LogP contribution in [0.5, 0.6) is 0 Å². The highest BCUT2D eigenvalue weighted by atomic mass is 14.2. The predicted octanol–water partition coefficient (Wildman–Crippen LogP) is 3.90. The number of nitriles is 1. The van der Waals surface area contributed by atoms with Gasteiger partial charge in [-0.3, -0.25) is 0 Å². The quantitative estimate of drug-likeness (QED) is 0.527. The van der Waals surface area contributed by atoms with E-state index >= 15 is 0 Å². The Morgan fingerprint density at radius 3 is 2.07 bits per heavy atom. The Bertz CT molecular complexity index is 276. The van der Waals surface area contributed by atoms with Gasteiger partial charge in [0, 0.05) is 5.57 Å². The molecule has 0 aromatic rings. The third-order valence-corrected chi connectivity index (χ3v) is 2.28. The topological polar surface area (TPSA) is 23.8 Å². The number of hydrogen-bond acceptors (Lipinski definition) is 1. The molecule has 74 valence electrons. The molecule has 0 saturated carbocycles. The summed E-state index contributed by atoms with van der Waals surface area (Å²) in [5.41, 5.74) is 0.934. The standard InChI is InChI=1S/C13H17N/c14-12-13-10-8-6-4-2-1-3-5-7-9-11-13/h2,4-5,7,10H,1,3,6,8-9,11H2/b4-2+,7-5+,13-10-. The molecule has 0 spiro atoms. The van der Waals surface area contributed by atoms with Gasteiger partial charge in [-0.05, 0) is 38.5 Å². The van der Waals surface area contributed by atoms with Crippen LogP contribution in [0.1, 0.15) is 38.5 Å². The van der Waals surface area contributed by atoms with Gasteiger partial charge >= 0.3 is 0 Å². The van der Waals surface area contributed by atoms with Crippen molar-refractivity contribution in [2.75, 3.05) is 0 Å². The van der Waals surface area contributed by atoms with Crippen molar-refractivity contribution in [2.24, 2.45) is 0 Å². The van der Waals surface area contributed by atoms with Gasteiger partial charge in [0.05, 0.1) is 6.07 Å². The maximum absolute atomic E-state index is 8.84. The summed E-state index contributed by atoms with van der Waals surface area (Å²) in [5, 5.41) is 8.84. The van der Waals surface area contributed by atoms with Crippen LogP contribution < -0.4 is 0 Å². The van der Waals surface area contributed by atoms with Gasteiger partial charge in [-0.1, -0.05) is 30.4 Å². The molecule has 14 heavy (non-hydrogen) atoms. The van der Waals surface area contributed by atoms with Crippen molar-refractivity contribution < 1.29 is 0 Å². The van der Waals surface area contributed by atoms with Crippen LogP contribution in [0, 0.1) is 11.3 Å². The monoisotopic (exact) mass is 187 g/mol. The van der Waals surface area contributed by atoms with Gasteiger partial charge in [0.1, 0.15) is 0 Å². The Kier molecular flexibility index (Phi) is 5.51. The molecule has 0 heterocycles. The number of nitrogens with zero attached hydrogens (tertiary/aromatic N) is 1. The maximum Gasteiger partial charge on any atom is 0.0943 e. The molecule has 0 bridgehead atoms. The van der Waals surface area contributed by atoms with Crippen LogP contribution in [-0.4, -0.2) is 0 Å². The molecule has 0 radical (unpaired) electrons. The van der Waals surface area contributed by atoms with Crippen LogP contribution in [0.15, 0.2) is 36.0 Å². The minimum atomic E-state index is 0.900. The molecular formula is C13H17N. The van der Waals surface area contributed by atoms with Crippen LogP contribution in [0.2, 0.25) is 0 Å². The Balaban J connectivity index is 2.52. The van der Waals surface area contributed by atoms with Crippen LogP contribution in [0.3, 0.4) is 0 Å². The summed E-state index contributed by atoms with van der Waals surface area (Å²) >= 11 is 0. The second-order valence-electron chi connectivity index (χ2n) is 3.48. The minimum Gasteiger partial charge on any atom is -0.193 e. The maximum atomic E-state index is 8.84. The molecule has 0 unspecified atom stereocenters. The van der Waals surface area contributed by atoms with E-state index in [9.17, 15) is 0 Å². The summed E-state index contributed by atoms with van der Waals surface area (Å²) in [6.07, 6.45) is 17.1. The van der Waals surface area contributed by atoms with E-state index in [2.05, 4.69) is 36.4 Å². The Morgan fingerprint density at radius 2 is 1.43 bits per heavy atom. The molecule has 1 rings (SSSR count). The molecule has 0 saturated heterocycles. The lowest BCUT2D eigenvalue weighted by Gasteiger charge is -1.96. The van der Waals surface area contributed by atoms with Crippen molar-refractivity contribution in [1.82, 2.24) is 0 Å². The largest absolute Gasteiger partial charge is 0.193 e. The molecule has 0 aromatic heterocycles. The molecule has 0 amide bonds. The molecular weight excluding hydrogens is 170 g/mol. The zero-order valence-corrected chi connectivity index (χ0v) is 8.58. The number of rotatable bonds is 0. The second kappa shape index (κ2) is 7.15. The average Bonchev–Trinajstić information content (AvgIpc) is 2.19. The Hall–Kier alpha value is -1.29. The van der Waals surface area contributed by atoms with E-state index < -0.39 is 0 Å². The van der Waals surface area contributed by atoms with Gasteiger partial charge in [-0.2, -0.15) is 5.26 Å². The fourth-order valence-corrected chi connectivity index (χ4v) is 1.46. The molecule has 1 nitrogen and oxygen atoms in total. The van der Waals surface area contributed by atoms with Gasteiger partial charge in [-0.25, -0.2) is 0 Å². The molecule has 0 atom stereocenters. The van der Waals surface area contributed by atoms with Crippen molar-refractivity contribution in [3.8, 4) is 6.07 Å². The van der Waals surface area contributed by atoms with E-state index in [1.165, 1.54) is 0 Å². The van der Waals surface area contributed by atoms with E-state index in [0.717, 1.165) is 44.1 Å². The van der Waals surface area contributed by atoms with Crippen LogP contribution in [0.25, 0.3) is 0 Å². The van der Waals surface area contributed by atoms with E-state index in [0.29, 0.717) is 0 Å². The minimum absolute atomic E-state index is 0.900. The number of allylic oxidation sites excluding steroid dienone is 6. The highest BCUT2D eigenvalue weighted by Crippen LogP contribution is 2.09. The summed E-state index contributed by atoms with van der Waals surface area (Å²) in [5.74, 6) is 0. The van der Waals surface area contributed by atoms with Crippen LogP contribution in [-0.2, 0) is 0 Å². The molecule has 0 aromatic carbocycles. The molecule has 0 fully saturated rings. The molecule has 1 aliphatic rings. The average molecular weight is 187 g/mol. The van der Waals surface area contributed by atoms with E-state index in [-0.39, 0.29) is 0 Å². The first-order valence-corrected chi connectivity index (χ1v) is 5.32. The van der Waals surface area contributed by atoms with Crippen molar-refractivity contribution in [2.45, 2.75) is 38.5 Å². The fourth-order valence-electron chi connectivity index (χ4n) is 1.46. The summed E-state index contributed by atoms with van der Waals surface area (Å²) in [7, 11) is 0. The first-order valence-electron chi connectivity index (χ1n) is 5.32. The van der Waals surface area contributed by atoms with E-state index in [1.54, 1.807) is 0 Å². The molecule has 1 aliphatic carbocycles. The SMILES string of the molecule is N#C/C1=C\CC/C=C/CC/C=C/CC1. The molecule has 0 N–H and O–H groups in total. The third-order valence-electron chi connectivity index (χ3n) is 2.28.